The number of ether oxygens (including phenoxy) is 6. The number of carbonyl (C=O) groups is 1. The summed E-state index contributed by atoms with van der Waals surface area (Å²) in [7, 11) is -2.52. The van der Waals surface area contributed by atoms with Crippen LogP contribution in [0.15, 0.2) is 35.5 Å². The lowest BCUT2D eigenvalue weighted by Crippen LogP contribution is -2.37. The van der Waals surface area contributed by atoms with Gasteiger partial charge in [0.15, 0.2) is 12.6 Å². The van der Waals surface area contributed by atoms with Gasteiger partial charge in [0.2, 0.25) is 0 Å². The fourth-order valence-electron chi connectivity index (χ4n) is 7.98. The molecule has 2 heterocycles. The van der Waals surface area contributed by atoms with E-state index in [0.717, 1.165) is 89.3 Å². The van der Waals surface area contributed by atoms with Crippen LogP contribution >= 0.6 is 0 Å². The average Bonchev–Trinajstić information content (AvgIpc) is 3.60. The molecule has 10 unspecified atom stereocenters. The molecule has 10 atom stereocenters. The van der Waals surface area contributed by atoms with Gasteiger partial charge in [0.1, 0.15) is 12.7 Å². The summed E-state index contributed by atoms with van der Waals surface area (Å²) in [5.41, 5.74) is 2.19. The maximum Gasteiger partial charge on any atom is 0.331 e. The van der Waals surface area contributed by atoms with Crippen molar-refractivity contribution in [1.29, 1.82) is 0 Å². The van der Waals surface area contributed by atoms with E-state index in [0.29, 0.717) is 6.42 Å². The molecule has 274 valence electrons. The topological polar surface area (TPSA) is 116 Å². The first kappa shape index (κ1) is 39.2. The van der Waals surface area contributed by atoms with E-state index in [1.807, 2.05) is 6.92 Å². The summed E-state index contributed by atoms with van der Waals surface area (Å²) < 4.78 is 66.6. The third kappa shape index (κ3) is 12.0. The Kier molecular flexibility index (Phi) is 15.6. The molecule has 4 rings (SSSR count). The molecule has 0 N–H and O–H groups in total. The molecule has 1 saturated carbocycles. The largest absolute Gasteiger partial charge is 0.467 e. The van der Waals surface area contributed by atoms with Crippen LogP contribution in [-0.4, -0.2) is 84.6 Å². The Bertz CT molecular complexity index is 1200. The highest BCUT2D eigenvalue weighted by Crippen LogP contribution is 2.53. The smallest absolute Gasteiger partial charge is 0.331 e. The molecule has 0 amide bonds. The van der Waals surface area contributed by atoms with Crippen LogP contribution < -0.4 is 0 Å². The van der Waals surface area contributed by atoms with Crippen molar-refractivity contribution in [3.63, 3.8) is 0 Å². The van der Waals surface area contributed by atoms with E-state index in [2.05, 4.69) is 38.2 Å². The van der Waals surface area contributed by atoms with Crippen molar-refractivity contribution < 1.29 is 45.8 Å². The van der Waals surface area contributed by atoms with E-state index in [9.17, 15) is 13.2 Å². The third-order valence-corrected chi connectivity index (χ3v) is 10.7. The summed E-state index contributed by atoms with van der Waals surface area (Å²) in [6.45, 7) is 9.21. The van der Waals surface area contributed by atoms with Gasteiger partial charge in [-0.3, -0.25) is 4.18 Å². The standard InChI is InChI=1S/C37H60O10S/c1-7-13-30(45-34-16-8-10-18-42-34)21-27(15-12-14-25(2)3)36-31-22-29(20-28(31)23-32(36)46-35-17-9-11-19-43-35)37(47-48(6,39)40)26(4)44-24-33(38)41-5/h7,13-14,22,26-28,30-32,34-37H,8-12,15-21,23-24H2,1-6H3. The highest BCUT2D eigenvalue weighted by Gasteiger charge is 2.51. The monoisotopic (exact) mass is 696 g/mol. The fourth-order valence-corrected chi connectivity index (χ4v) is 8.64. The Balaban J connectivity index is 1.66. The van der Waals surface area contributed by atoms with Crippen molar-refractivity contribution in [1.82, 2.24) is 0 Å². The predicted octanol–water partition coefficient (Wildman–Crippen LogP) is 6.64. The number of fused-ring (bicyclic) bond motifs is 1. The van der Waals surface area contributed by atoms with Crippen molar-refractivity contribution in [2.45, 2.75) is 135 Å². The first-order chi connectivity index (χ1) is 23.0. The first-order valence-corrected chi connectivity index (χ1v) is 19.9. The molecule has 2 aliphatic carbocycles. The van der Waals surface area contributed by atoms with Gasteiger partial charge in [0.25, 0.3) is 10.1 Å². The van der Waals surface area contributed by atoms with Crippen LogP contribution in [0.5, 0.6) is 0 Å². The highest BCUT2D eigenvalue weighted by molar-refractivity contribution is 7.86. The second-order valence-electron chi connectivity index (χ2n) is 14.2. The molecule has 4 aliphatic rings. The van der Waals surface area contributed by atoms with E-state index in [1.54, 1.807) is 6.92 Å². The number of hydrogen-bond donors (Lipinski definition) is 0. The van der Waals surface area contributed by atoms with Crippen LogP contribution in [0.1, 0.15) is 98.3 Å². The van der Waals surface area contributed by atoms with Crippen LogP contribution in [0.25, 0.3) is 0 Å². The molecule has 3 fully saturated rings. The summed E-state index contributed by atoms with van der Waals surface area (Å²) in [4.78, 5) is 11.8. The van der Waals surface area contributed by atoms with E-state index >= 15 is 0 Å². The Labute approximate surface area is 289 Å². The Morgan fingerprint density at radius 1 is 1.08 bits per heavy atom. The van der Waals surface area contributed by atoms with Gasteiger partial charge in [-0.1, -0.05) is 29.9 Å². The minimum absolute atomic E-state index is 0.00272. The normalized spacial score (nSPS) is 30.3. The van der Waals surface area contributed by atoms with Crippen LogP contribution in [-0.2, 0) is 47.5 Å². The molecule has 48 heavy (non-hydrogen) atoms. The lowest BCUT2D eigenvalue weighted by atomic mass is 9.76. The molecular weight excluding hydrogens is 636 g/mol. The molecule has 0 spiro atoms. The van der Waals surface area contributed by atoms with Gasteiger partial charge in [-0.15, -0.1) is 0 Å². The maximum atomic E-state index is 12.4. The molecule has 2 aliphatic heterocycles. The summed E-state index contributed by atoms with van der Waals surface area (Å²) in [5.74, 6) is 0.300. The summed E-state index contributed by atoms with van der Waals surface area (Å²) >= 11 is 0. The number of allylic oxidation sites excluding steroid dienone is 4. The Morgan fingerprint density at radius 2 is 1.79 bits per heavy atom. The molecule has 11 heteroatoms. The fraction of sp³-hybridized carbons (Fsp3) is 0.811. The van der Waals surface area contributed by atoms with Crippen molar-refractivity contribution in [3.05, 3.63) is 35.5 Å². The lowest BCUT2D eigenvalue weighted by Gasteiger charge is -2.36. The zero-order valence-corrected chi connectivity index (χ0v) is 30.8. The minimum atomic E-state index is -3.81. The van der Waals surface area contributed by atoms with Crippen LogP contribution in [0.3, 0.4) is 0 Å². The highest BCUT2D eigenvalue weighted by atomic mass is 32.2. The van der Waals surface area contributed by atoms with Gasteiger partial charge in [-0.05, 0) is 128 Å². The summed E-state index contributed by atoms with van der Waals surface area (Å²) in [5, 5.41) is 0. The molecular formula is C37H60O10S. The molecule has 0 aromatic rings. The second-order valence-corrected chi connectivity index (χ2v) is 15.8. The van der Waals surface area contributed by atoms with Gasteiger partial charge < -0.3 is 28.4 Å². The van der Waals surface area contributed by atoms with Gasteiger partial charge in [0, 0.05) is 13.2 Å². The first-order valence-electron chi connectivity index (χ1n) is 18.0. The molecule has 2 saturated heterocycles. The molecule has 10 nitrogen and oxygen atoms in total. The van der Waals surface area contributed by atoms with Crippen molar-refractivity contribution in [3.8, 4) is 0 Å². The van der Waals surface area contributed by atoms with Crippen molar-refractivity contribution >= 4 is 16.1 Å². The quantitative estimate of drug-likeness (QED) is 0.0877. The number of esters is 1. The number of rotatable bonds is 18. The molecule has 0 aromatic carbocycles. The van der Waals surface area contributed by atoms with E-state index in [1.165, 1.54) is 12.7 Å². The lowest BCUT2D eigenvalue weighted by molar-refractivity contribution is -0.202. The Morgan fingerprint density at radius 3 is 2.40 bits per heavy atom. The van der Waals surface area contributed by atoms with Crippen LogP contribution in [0.2, 0.25) is 0 Å². The molecule has 0 bridgehead atoms. The van der Waals surface area contributed by atoms with Gasteiger partial charge in [0.05, 0.1) is 31.7 Å². The average molecular weight is 697 g/mol. The van der Waals surface area contributed by atoms with Crippen LogP contribution in [0.4, 0.5) is 0 Å². The number of methoxy groups -OCH3 is 1. The van der Waals surface area contributed by atoms with Gasteiger partial charge >= 0.3 is 5.97 Å². The maximum absolute atomic E-state index is 12.4. The van der Waals surface area contributed by atoms with Crippen molar-refractivity contribution in [2.75, 3.05) is 33.2 Å². The molecule has 0 aromatic heterocycles. The Hall–Kier alpha value is -1.60. The third-order valence-electron chi connectivity index (χ3n) is 10.1. The number of hydrogen-bond acceptors (Lipinski definition) is 10. The summed E-state index contributed by atoms with van der Waals surface area (Å²) in [6, 6.07) is 0. The minimum Gasteiger partial charge on any atom is -0.467 e. The second kappa shape index (κ2) is 19.1. The zero-order chi connectivity index (χ0) is 34.7. The van der Waals surface area contributed by atoms with Gasteiger partial charge in [-0.2, -0.15) is 8.42 Å². The van der Waals surface area contributed by atoms with Gasteiger partial charge in [-0.25, -0.2) is 4.79 Å². The van der Waals surface area contributed by atoms with Crippen LogP contribution in [0, 0.1) is 23.7 Å². The van der Waals surface area contributed by atoms with E-state index < -0.39 is 28.3 Å². The molecule has 0 radical (unpaired) electrons. The van der Waals surface area contributed by atoms with E-state index in [4.69, 9.17) is 32.6 Å². The zero-order valence-electron chi connectivity index (χ0n) is 30.0. The van der Waals surface area contributed by atoms with E-state index in [-0.39, 0.29) is 55.1 Å². The SMILES string of the molecule is CC=CC(CC(CCC=C(C)C)C1C(OC2CCCCO2)CC2CC(C(OS(C)(=O)=O)C(C)OCC(=O)OC)=CC21)OC1CCCCO1. The summed E-state index contributed by atoms with van der Waals surface area (Å²) in [6.07, 6.45) is 18.2. The van der Waals surface area contributed by atoms with Crippen molar-refractivity contribution in [2.24, 2.45) is 23.7 Å². The predicted molar refractivity (Wildman–Crippen MR) is 183 cm³/mol. The number of carbonyl (C=O) groups excluding carboxylic acids is 1.